The van der Waals surface area contributed by atoms with Crippen LogP contribution in [-0.4, -0.2) is 49.7 Å². The van der Waals surface area contributed by atoms with Gasteiger partial charge in [-0.25, -0.2) is 0 Å². The number of fused-ring (bicyclic) bond motifs is 1. The summed E-state index contributed by atoms with van der Waals surface area (Å²) in [7, 11) is 0. The van der Waals surface area contributed by atoms with E-state index in [1.807, 2.05) is 0 Å². The number of Topliss-reactive ketones (excluding diaryl/α,β-unsaturated/α-hetero) is 1. The van der Waals surface area contributed by atoms with Gasteiger partial charge in [-0.15, -0.1) is 0 Å². The van der Waals surface area contributed by atoms with Crippen molar-refractivity contribution in [3.05, 3.63) is 69.2 Å². The predicted octanol–water partition coefficient (Wildman–Crippen LogP) is 6.73. The van der Waals surface area contributed by atoms with Crippen LogP contribution in [-0.2, 0) is 0 Å². The molecule has 3 aliphatic heterocycles. The number of hydrogen-bond acceptors (Lipinski definition) is 8. The van der Waals surface area contributed by atoms with Crippen LogP contribution in [0.25, 0.3) is 0 Å². The molecule has 40 heavy (non-hydrogen) atoms. The minimum absolute atomic E-state index is 0.130. The van der Waals surface area contributed by atoms with Gasteiger partial charge in [0.2, 0.25) is 12.6 Å². The van der Waals surface area contributed by atoms with Crippen molar-refractivity contribution in [2.45, 2.75) is 65.3 Å². The van der Waals surface area contributed by atoms with Gasteiger partial charge in [0.05, 0.1) is 9.93 Å². The number of allylic oxidation sites excluding steroid dienone is 3. The molecule has 0 aromatic heterocycles. The Morgan fingerprint density at radius 2 is 1.68 bits per heavy atom. The topological polar surface area (TPSA) is 80.1 Å². The van der Waals surface area contributed by atoms with E-state index in [0.29, 0.717) is 27.7 Å². The lowest BCUT2D eigenvalue weighted by Crippen LogP contribution is -2.46. The molecule has 0 aliphatic carbocycles. The first-order chi connectivity index (χ1) is 19.4. The number of benzene rings is 2. The second-order valence-corrected chi connectivity index (χ2v) is 12.0. The Bertz CT molecular complexity index is 1260. The lowest BCUT2D eigenvalue weighted by molar-refractivity contribution is 0.104. The summed E-state index contributed by atoms with van der Waals surface area (Å²) in [5, 5.41) is 4.50. The number of ether oxygens (including phenoxy) is 2. The van der Waals surface area contributed by atoms with Crippen LogP contribution in [0.4, 0.5) is 11.4 Å². The summed E-state index contributed by atoms with van der Waals surface area (Å²) in [6, 6.07) is 14.7. The number of nitrogens with one attached hydrogen (secondary N) is 1. The van der Waals surface area contributed by atoms with Crippen molar-refractivity contribution in [2.24, 2.45) is 5.73 Å². The predicted molar refractivity (Wildman–Crippen MR) is 165 cm³/mol. The number of nitrogens with zero attached hydrogens (tertiary/aromatic N) is 2. The molecule has 5 rings (SSSR count). The van der Waals surface area contributed by atoms with Crippen molar-refractivity contribution in [2.75, 3.05) is 43.2 Å². The molecule has 0 atom stereocenters. The average Bonchev–Trinajstić information content (AvgIpc) is 3.47. The molecule has 3 heterocycles. The fourth-order valence-electron chi connectivity index (χ4n) is 5.62. The molecule has 7 nitrogen and oxygen atoms in total. The minimum Gasteiger partial charge on any atom is -0.454 e. The molecule has 2 saturated heterocycles. The van der Waals surface area contributed by atoms with E-state index in [9.17, 15) is 4.79 Å². The molecule has 0 bridgehead atoms. The Kier molecular flexibility index (Phi) is 9.27. The van der Waals surface area contributed by atoms with E-state index in [2.05, 4.69) is 53.2 Å². The van der Waals surface area contributed by atoms with Gasteiger partial charge in [-0.3, -0.25) is 4.79 Å². The van der Waals surface area contributed by atoms with Gasteiger partial charge in [0.25, 0.3) is 0 Å². The van der Waals surface area contributed by atoms with E-state index in [1.54, 1.807) is 25.1 Å². The number of carbonyl (C=O) groups excluding carboxylic acids is 1. The lowest BCUT2D eigenvalue weighted by Gasteiger charge is -2.41. The van der Waals surface area contributed by atoms with Gasteiger partial charge >= 0.3 is 0 Å². The average molecular weight is 563 g/mol. The van der Waals surface area contributed by atoms with Crippen molar-refractivity contribution in [1.29, 1.82) is 0 Å². The number of likely N-dealkylation sites (tertiary alicyclic amines) is 1. The molecule has 2 aromatic carbocycles. The molecule has 0 spiro atoms. The Morgan fingerprint density at radius 3 is 2.35 bits per heavy atom. The summed E-state index contributed by atoms with van der Waals surface area (Å²) in [6.45, 7) is 10.9. The number of carbonyl (C=O) groups is 1. The van der Waals surface area contributed by atoms with Crippen molar-refractivity contribution < 1.29 is 14.3 Å². The zero-order valence-electron chi connectivity index (χ0n) is 24.0. The van der Waals surface area contributed by atoms with Crippen LogP contribution in [0.1, 0.15) is 69.7 Å². The largest absolute Gasteiger partial charge is 0.454 e. The first kappa shape index (κ1) is 28.4. The Morgan fingerprint density at radius 1 is 0.975 bits per heavy atom. The van der Waals surface area contributed by atoms with Crippen LogP contribution in [0.15, 0.2) is 63.7 Å². The fourth-order valence-corrected chi connectivity index (χ4v) is 6.68. The molecule has 3 aliphatic rings. The van der Waals surface area contributed by atoms with E-state index < -0.39 is 0 Å². The van der Waals surface area contributed by atoms with Crippen LogP contribution in [0, 0.1) is 0 Å². The third-order valence-electron chi connectivity index (χ3n) is 8.18. The Labute approximate surface area is 242 Å². The Hall–Kier alpha value is -3.10. The quantitative estimate of drug-likeness (QED) is 0.257. The molecule has 0 saturated carbocycles. The van der Waals surface area contributed by atoms with Crippen molar-refractivity contribution in [1.82, 2.24) is 4.90 Å². The zero-order chi connectivity index (χ0) is 28.1. The van der Waals surface area contributed by atoms with Crippen molar-refractivity contribution >= 4 is 28.9 Å². The third-order valence-corrected chi connectivity index (χ3v) is 9.55. The van der Waals surface area contributed by atoms with Crippen LogP contribution < -0.4 is 25.4 Å². The molecular formula is C32H42N4O3S. The second kappa shape index (κ2) is 13.0. The summed E-state index contributed by atoms with van der Waals surface area (Å²) in [5.41, 5.74) is 10.7. The maximum Gasteiger partial charge on any atom is 0.231 e. The van der Waals surface area contributed by atoms with Gasteiger partial charge in [-0.05, 0) is 107 Å². The summed E-state index contributed by atoms with van der Waals surface area (Å²) < 4.78 is 10.9. The highest BCUT2D eigenvalue weighted by Crippen LogP contribution is 2.37. The molecular weight excluding hydrogens is 520 g/mol. The van der Waals surface area contributed by atoms with Gasteiger partial charge in [0, 0.05) is 41.8 Å². The first-order valence-corrected chi connectivity index (χ1v) is 15.4. The lowest BCUT2D eigenvalue weighted by atomic mass is 9.99. The maximum atomic E-state index is 13.5. The van der Waals surface area contributed by atoms with E-state index in [-0.39, 0.29) is 12.6 Å². The molecule has 8 heteroatoms. The molecule has 0 amide bonds. The first-order valence-electron chi connectivity index (χ1n) is 14.6. The number of anilines is 2. The van der Waals surface area contributed by atoms with E-state index in [0.717, 1.165) is 41.8 Å². The summed E-state index contributed by atoms with van der Waals surface area (Å²) in [5.74, 6) is 1.10. The third kappa shape index (κ3) is 6.61. The van der Waals surface area contributed by atoms with Gasteiger partial charge < -0.3 is 30.3 Å². The second-order valence-electron chi connectivity index (χ2n) is 11.0. The molecule has 3 N–H and O–H groups in total. The molecule has 214 valence electrons. The monoisotopic (exact) mass is 562 g/mol. The van der Waals surface area contributed by atoms with Gasteiger partial charge in [0.15, 0.2) is 11.5 Å². The number of piperidine rings is 2. The van der Waals surface area contributed by atoms with E-state index in [4.69, 9.17) is 15.2 Å². The number of rotatable bonds is 9. The normalized spacial score (nSPS) is 19.2. The van der Waals surface area contributed by atoms with Gasteiger partial charge in [-0.1, -0.05) is 25.1 Å². The summed E-state index contributed by atoms with van der Waals surface area (Å²) in [4.78, 5) is 19.2. The Balaban J connectivity index is 1.24. The number of thioether (sulfide) groups is 1. The summed E-state index contributed by atoms with van der Waals surface area (Å²) >= 11 is 1.39. The highest BCUT2D eigenvalue weighted by atomic mass is 32.2. The molecule has 2 fully saturated rings. The highest BCUT2D eigenvalue weighted by Gasteiger charge is 2.26. The standard InChI is InChI=1S/C32H42N4O3S/c1-4-22(2)32(40-31(23(3)33)30(37)24-8-13-28-29(20-24)39-21-38-28)34-25-9-11-26(12-10-25)36-18-14-27(15-19-36)35-16-6-5-7-17-35/h8-13,20,27,34H,4-7,14-19,21,33H2,1-3H3/b31-23+,32-22?. The molecule has 0 unspecified atom stereocenters. The minimum atomic E-state index is -0.130. The van der Waals surface area contributed by atoms with Gasteiger partial charge in [0.1, 0.15) is 0 Å². The maximum absolute atomic E-state index is 13.5. The van der Waals surface area contributed by atoms with Crippen LogP contribution in [0.5, 0.6) is 11.5 Å². The SMILES string of the molecule is CCC(C)=C(Nc1ccc(N2CCC(N3CCCCC3)CC2)cc1)S/C(C(=O)c1ccc2c(c1)OCO2)=C(\C)N. The van der Waals surface area contributed by atoms with Crippen molar-refractivity contribution in [3.63, 3.8) is 0 Å². The summed E-state index contributed by atoms with van der Waals surface area (Å²) in [6.07, 6.45) is 7.44. The van der Waals surface area contributed by atoms with Crippen LogP contribution in [0.3, 0.4) is 0 Å². The molecule has 2 aromatic rings. The number of nitrogens with two attached hydrogens (primary N) is 1. The number of ketones is 1. The van der Waals surface area contributed by atoms with E-state index in [1.165, 1.54) is 62.6 Å². The van der Waals surface area contributed by atoms with Gasteiger partial charge in [-0.2, -0.15) is 0 Å². The zero-order valence-corrected chi connectivity index (χ0v) is 24.8. The highest BCUT2D eigenvalue weighted by molar-refractivity contribution is 8.07. The fraction of sp³-hybridized carbons (Fsp3) is 0.469. The van der Waals surface area contributed by atoms with Crippen LogP contribution >= 0.6 is 11.8 Å². The van der Waals surface area contributed by atoms with E-state index >= 15 is 0 Å². The van der Waals surface area contributed by atoms with Crippen LogP contribution in [0.2, 0.25) is 0 Å². The van der Waals surface area contributed by atoms with Crippen molar-refractivity contribution in [3.8, 4) is 11.5 Å². The number of hydrogen-bond donors (Lipinski definition) is 2. The molecule has 0 radical (unpaired) electrons. The smallest absolute Gasteiger partial charge is 0.231 e.